The predicted octanol–water partition coefficient (Wildman–Crippen LogP) is 4.27. The van der Waals surface area contributed by atoms with Gasteiger partial charge in [0.25, 0.3) is 5.91 Å². The third kappa shape index (κ3) is 5.70. The second kappa shape index (κ2) is 12.1. The van der Waals surface area contributed by atoms with E-state index in [-0.39, 0.29) is 17.6 Å². The molecule has 1 atom stereocenters. The SMILES string of the molecule is C=C(C(CN(C)CCOC)=N/C(=C\C)Nc1ccc(-c2cnc3cc(F)ccn23)c2c1C(=O)NC2)[C@@H]1CCOC1. The minimum absolute atomic E-state index is 0.161. The molecular weight excluding hydrogens is 511 g/mol. The normalized spacial score (nSPS) is 17.5. The number of benzene rings is 1. The van der Waals surface area contributed by atoms with Gasteiger partial charge in [-0.25, -0.2) is 14.4 Å². The number of fused-ring (bicyclic) bond motifs is 2. The molecule has 0 spiro atoms. The molecule has 2 aliphatic heterocycles. The molecule has 0 radical (unpaired) electrons. The summed E-state index contributed by atoms with van der Waals surface area (Å²) < 4.78 is 26.4. The molecule has 2 N–H and O–H groups in total. The first kappa shape index (κ1) is 27.7. The lowest BCUT2D eigenvalue weighted by molar-refractivity contribution is 0.0966. The summed E-state index contributed by atoms with van der Waals surface area (Å²) in [7, 11) is 3.72. The van der Waals surface area contributed by atoms with Crippen LogP contribution in [-0.2, 0) is 16.0 Å². The standard InChI is InChI=1S/C30H35FN6O3/c1-5-27(35-25(17-36(3)11-13-39-4)19(2)20-9-12-40-18-20)34-24-7-6-22(23-15-33-30(38)29(23)24)26-16-32-28-14-21(31)8-10-37(26)28/h5-8,10,14,16,20,34H,2,9,11-13,15,17-18H2,1,3-4H3,(H,33,38)/b27-5-,35-25?/t20-/m1/s1. The van der Waals surface area contributed by atoms with Gasteiger partial charge in [0, 0.05) is 57.1 Å². The summed E-state index contributed by atoms with van der Waals surface area (Å²) in [6, 6.07) is 6.61. The second-order valence-electron chi connectivity index (χ2n) is 10.1. The number of methoxy groups -OCH3 is 1. The first-order chi connectivity index (χ1) is 19.4. The molecule has 0 aliphatic carbocycles. The van der Waals surface area contributed by atoms with E-state index >= 15 is 0 Å². The van der Waals surface area contributed by atoms with Crippen LogP contribution in [0.3, 0.4) is 0 Å². The number of aliphatic imine (C=N–C) groups is 1. The number of pyridine rings is 1. The molecule has 9 nitrogen and oxygen atoms in total. The van der Waals surface area contributed by atoms with Crippen molar-refractivity contribution >= 4 is 23.0 Å². The molecular formula is C30H35FN6O3. The van der Waals surface area contributed by atoms with Crippen LogP contribution >= 0.6 is 0 Å². The van der Waals surface area contributed by atoms with Gasteiger partial charge in [-0.3, -0.25) is 14.1 Å². The van der Waals surface area contributed by atoms with Gasteiger partial charge in [0.1, 0.15) is 17.3 Å². The fourth-order valence-electron chi connectivity index (χ4n) is 5.13. The highest BCUT2D eigenvalue weighted by Crippen LogP contribution is 2.35. The highest BCUT2D eigenvalue weighted by atomic mass is 19.1. The third-order valence-electron chi connectivity index (χ3n) is 7.40. The Morgan fingerprint density at radius 2 is 2.27 bits per heavy atom. The fourth-order valence-corrected chi connectivity index (χ4v) is 5.13. The van der Waals surface area contributed by atoms with Crippen LogP contribution in [0, 0.1) is 11.7 Å². The summed E-state index contributed by atoms with van der Waals surface area (Å²) in [6.45, 7) is 10.0. The monoisotopic (exact) mass is 546 g/mol. The number of ether oxygens (including phenoxy) is 2. The summed E-state index contributed by atoms with van der Waals surface area (Å²) in [5.41, 5.74) is 6.06. The number of carbonyl (C=O) groups excluding carboxylic acids is 1. The minimum Gasteiger partial charge on any atom is -0.383 e. The number of anilines is 1. The topological polar surface area (TPSA) is 92.5 Å². The molecule has 1 fully saturated rings. The van der Waals surface area contributed by atoms with Gasteiger partial charge in [-0.1, -0.05) is 12.6 Å². The van der Waals surface area contributed by atoms with E-state index in [9.17, 15) is 9.18 Å². The van der Waals surface area contributed by atoms with Crippen molar-refractivity contribution in [2.45, 2.75) is 19.9 Å². The van der Waals surface area contributed by atoms with E-state index in [4.69, 9.17) is 14.5 Å². The molecule has 10 heteroatoms. The average molecular weight is 547 g/mol. The zero-order chi connectivity index (χ0) is 28.2. The Bertz CT molecular complexity index is 1490. The van der Waals surface area contributed by atoms with Crippen molar-refractivity contribution in [1.82, 2.24) is 19.6 Å². The number of imidazole rings is 1. The van der Waals surface area contributed by atoms with Gasteiger partial charge >= 0.3 is 0 Å². The van der Waals surface area contributed by atoms with E-state index in [1.807, 2.05) is 36.6 Å². The Hall–Kier alpha value is -3.86. The van der Waals surface area contributed by atoms with Gasteiger partial charge in [0.15, 0.2) is 0 Å². The minimum atomic E-state index is -0.349. The van der Waals surface area contributed by atoms with Crippen molar-refractivity contribution in [3.05, 3.63) is 77.7 Å². The van der Waals surface area contributed by atoms with Crippen LogP contribution < -0.4 is 10.6 Å². The van der Waals surface area contributed by atoms with Gasteiger partial charge in [0.05, 0.1) is 42.1 Å². The van der Waals surface area contributed by atoms with Crippen LogP contribution in [0.4, 0.5) is 10.1 Å². The number of aromatic nitrogens is 2. The molecule has 5 rings (SSSR count). The van der Waals surface area contributed by atoms with Crippen molar-refractivity contribution in [1.29, 1.82) is 0 Å². The predicted molar refractivity (Wildman–Crippen MR) is 154 cm³/mol. The Kier molecular flexibility index (Phi) is 8.39. The van der Waals surface area contributed by atoms with E-state index < -0.39 is 0 Å². The van der Waals surface area contributed by atoms with Crippen molar-refractivity contribution in [3.8, 4) is 11.3 Å². The van der Waals surface area contributed by atoms with Gasteiger partial charge in [-0.2, -0.15) is 0 Å². The molecule has 210 valence electrons. The number of nitrogens with zero attached hydrogens (tertiary/aromatic N) is 4. The van der Waals surface area contributed by atoms with Crippen LogP contribution in [0.2, 0.25) is 0 Å². The Morgan fingerprint density at radius 3 is 3.02 bits per heavy atom. The van der Waals surface area contributed by atoms with E-state index in [0.717, 1.165) is 47.7 Å². The number of rotatable bonds is 11. The number of carbonyl (C=O) groups is 1. The van der Waals surface area contributed by atoms with Crippen molar-refractivity contribution in [2.24, 2.45) is 10.9 Å². The van der Waals surface area contributed by atoms with Crippen LogP contribution in [0.15, 0.2) is 65.7 Å². The lowest BCUT2D eigenvalue weighted by Gasteiger charge is -2.22. The second-order valence-corrected chi connectivity index (χ2v) is 10.1. The number of hydrogen-bond acceptors (Lipinski definition) is 7. The Balaban J connectivity index is 1.47. The van der Waals surface area contributed by atoms with Crippen molar-refractivity contribution in [3.63, 3.8) is 0 Å². The first-order valence-electron chi connectivity index (χ1n) is 13.4. The highest BCUT2D eigenvalue weighted by Gasteiger charge is 2.28. The molecule has 40 heavy (non-hydrogen) atoms. The summed E-state index contributed by atoms with van der Waals surface area (Å²) >= 11 is 0. The molecule has 3 aromatic rings. The average Bonchev–Trinajstić information content (AvgIpc) is 3.71. The zero-order valence-electron chi connectivity index (χ0n) is 23.2. The first-order valence-corrected chi connectivity index (χ1v) is 13.4. The lowest BCUT2D eigenvalue weighted by Crippen LogP contribution is -2.31. The maximum absolute atomic E-state index is 13.7. The van der Waals surface area contributed by atoms with Crippen LogP contribution in [0.25, 0.3) is 16.9 Å². The molecule has 0 unspecified atom stereocenters. The van der Waals surface area contributed by atoms with Crippen LogP contribution in [0.5, 0.6) is 0 Å². The summed E-state index contributed by atoms with van der Waals surface area (Å²) in [5, 5.41) is 6.34. The number of amides is 1. The van der Waals surface area contributed by atoms with Crippen LogP contribution in [-0.4, -0.2) is 73.0 Å². The lowest BCUT2D eigenvalue weighted by atomic mass is 9.95. The van der Waals surface area contributed by atoms with E-state index in [1.165, 1.54) is 12.1 Å². The molecule has 0 saturated carbocycles. The van der Waals surface area contributed by atoms with Crippen molar-refractivity contribution in [2.75, 3.05) is 52.4 Å². The van der Waals surface area contributed by atoms with E-state index in [2.05, 4.69) is 27.1 Å². The summed E-state index contributed by atoms with van der Waals surface area (Å²) in [6.07, 6.45) is 6.16. The zero-order valence-corrected chi connectivity index (χ0v) is 23.2. The highest BCUT2D eigenvalue weighted by molar-refractivity contribution is 6.06. The number of allylic oxidation sites excluding steroid dienone is 1. The maximum Gasteiger partial charge on any atom is 0.254 e. The summed E-state index contributed by atoms with van der Waals surface area (Å²) in [4.78, 5) is 24.5. The van der Waals surface area contributed by atoms with E-state index in [0.29, 0.717) is 49.0 Å². The summed E-state index contributed by atoms with van der Waals surface area (Å²) in [5.74, 6) is 0.333. The Labute approximate surface area is 233 Å². The van der Waals surface area contributed by atoms with E-state index in [1.54, 1.807) is 19.5 Å². The fraction of sp³-hybridized carbons (Fsp3) is 0.367. The Morgan fingerprint density at radius 1 is 1.43 bits per heavy atom. The van der Waals surface area contributed by atoms with Gasteiger partial charge in [0.2, 0.25) is 0 Å². The molecule has 1 amide bonds. The number of nitrogens with one attached hydrogen (secondary N) is 2. The molecule has 2 aromatic heterocycles. The number of likely N-dealkylation sites (N-methyl/N-ethyl adjacent to an activating group) is 1. The van der Waals surface area contributed by atoms with Gasteiger partial charge < -0.3 is 20.1 Å². The third-order valence-corrected chi connectivity index (χ3v) is 7.40. The largest absolute Gasteiger partial charge is 0.383 e. The molecule has 1 saturated heterocycles. The molecule has 2 aliphatic rings. The van der Waals surface area contributed by atoms with Gasteiger partial charge in [-0.05, 0) is 49.7 Å². The van der Waals surface area contributed by atoms with Crippen molar-refractivity contribution < 1.29 is 18.7 Å². The number of halogens is 1. The molecule has 0 bridgehead atoms. The maximum atomic E-state index is 13.7. The number of hydrogen-bond donors (Lipinski definition) is 2. The van der Waals surface area contributed by atoms with Crippen LogP contribution in [0.1, 0.15) is 29.3 Å². The quantitative estimate of drug-likeness (QED) is 0.349. The smallest absolute Gasteiger partial charge is 0.254 e. The molecule has 4 heterocycles. The van der Waals surface area contributed by atoms with Gasteiger partial charge in [-0.15, -0.1) is 0 Å². The molecule has 1 aromatic carbocycles.